The number of esters is 2. The molecule has 50 valence electrons. The Bertz CT molecular complexity index is 138. The van der Waals surface area contributed by atoms with Crippen molar-refractivity contribution in [3.63, 3.8) is 0 Å². The molecule has 1 saturated heterocycles. The van der Waals surface area contributed by atoms with Crippen LogP contribution in [0.2, 0.25) is 0 Å². The highest BCUT2D eigenvalue weighted by molar-refractivity contribution is 5.88. The number of nitrogens with two attached hydrogens (primary N) is 1. The van der Waals surface area contributed by atoms with Crippen molar-refractivity contribution in [3.05, 3.63) is 0 Å². The Labute approximate surface area is 52.0 Å². The van der Waals surface area contributed by atoms with Crippen LogP contribution in [-0.4, -0.2) is 18.0 Å². The van der Waals surface area contributed by atoms with Crippen molar-refractivity contribution in [1.82, 2.24) is 0 Å². The summed E-state index contributed by atoms with van der Waals surface area (Å²) in [6.07, 6.45) is 0.317. The van der Waals surface area contributed by atoms with Crippen LogP contribution in [0.15, 0.2) is 0 Å². The second-order valence-electron chi connectivity index (χ2n) is 2.01. The van der Waals surface area contributed by atoms with Crippen LogP contribution >= 0.6 is 0 Å². The summed E-state index contributed by atoms with van der Waals surface area (Å²) in [6.45, 7) is 0. The van der Waals surface area contributed by atoms with Gasteiger partial charge in [-0.3, -0.25) is 9.59 Å². The summed E-state index contributed by atoms with van der Waals surface area (Å²) >= 11 is 0. The Kier molecular flexibility index (Phi) is 1.48. The maximum absolute atomic E-state index is 10.4. The lowest BCUT2D eigenvalue weighted by molar-refractivity contribution is -0.163. The fraction of sp³-hybridized carbons (Fsp3) is 0.600. The molecule has 0 spiro atoms. The van der Waals surface area contributed by atoms with Gasteiger partial charge in [-0.1, -0.05) is 0 Å². The van der Waals surface area contributed by atoms with Crippen molar-refractivity contribution in [1.29, 1.82) is 0 Å². The number of hydrogen-bond donors (Lipinski definition) is 1. The molecule has 1 fully saturated rings. The minimum Gasteiger partial charge on any atom is -0.393 e. The van der Waals surface area contributed by atoms with Gasteiger partial charge in [0.1, 0.15) is 0 Å². The van der Waals surface area contributed by atoms with Gasteiger partial charge >= 0.3 is 11.9 Å². The molecule has 0 aliphatic carbocycles. The van der Waals surface area contributed by atoms with Gasteiger partial charge in [-0.2, -0.15) is 0 Å². The Morgan fingerprint density at radius 1 is 1.33 bits per heavy atom. The summed E-state index contributed by atoms with van der Waals surface area (Å²) < 4.78 is 4.20. The lowest BCUT2D eigenvalue weighted by Crippen LogP contribution is -2.34. The van der Waals surface area contributed by atoms with Crippen LogP contribution in [0.5, 0.6) is 0 Å². The molecular weight excluding hydrogens is 122 g/mol. The van der Waals surface area contributed by atoms with Gasteiger partial charge < -0.3 is 10.5 Å². The highest BCUT2D eigenvalue weighted by atomic mass is 16.6. The zero-order valence-corrected chi connectivity index (χ0v) is 4.79. The average Bonchev–Trinajstić information content (AvgIpc) is 1.59. The number of cyclic esters (lactones) is 2. The van der Waals surface area contributed by atoms with Gasteiger partial charge in [0, 0.05) is 6.04 Å². The minimum absolute atomic E-state index is 0.158. The van der Waals surface area contributed by atoms with Gasteiger partial charge in [-0.15, -0.1) is 0 Å². The molecule has 1 heterocycles. The summed E-state index contributed by atoms with van der Waals surface area (Å²) in [7, 11) is 0. The monoisotopic (exact) mass is 129 g/mol. The molecule has 0 aromatic rings. The van der Waals surface area contributed by atoms with Gasteiger partial charge in [0.25, 0.3) is 0 Å². The molecule has 0 atom stereocenters. The van der Waals surface area contributed by atoms with E-state index in [9.17, 15) is 9.59 Å². The van der Waals surface area contributed by atoms with Gasteiger partial charge in [-0.25, -0.2) is 0 Å². The molecule has 1 aliphatic rings. The van der Waals surface area contributed by atoms with Gasteiger partial charge in [0.05, 0.1) is 12.8 Å². The molecule has 0 bridgehead atoms. The van der Waals surface area contributed by atoms with Crippen LogP contribution in [0.1, 0.15) is 12.8 Å². The smallest absolute Gasteiger partial charge is 0.315 e. The molecule has 0 radical (unpaired) electrons. The third-order valence-corrected chi connectivity index (χ3v) is 1.09. The molecule has 4 nitrogen and oxygen atoms in total. The average molecular weight is 129 g/mol. The predicted molar refractivity (Wildman–Crippen MR) is 28.3 cm³/mol. The van der Waals surface area contributed by atoms with Crippen LogP contribution in [0, 0.1) is 0 Å². The van der Waals surface area contributed by atoms with E-state index >= 15 is 0 Å². The van der Waals surface area contributed by atoms with Crippen LogP contribution in [-0.2, 0) is 14.3 Å². The zero-order valence-electron chi connectivity index (χ0n) is 4.79. The van der Waals surface area contributed by atoms with Crippen LogP contribution in [0.3, 0.4) is 0 Å². The number of ether oxygens (including phenoxy) is 1. The third-order valence-electron chi connectivity index (χ3n) is 1.09. The number of rotatable bonds is 0. The van der Waals surface area contributed by atoms with Gasteiger partial charge in [0.15, 0.2) is 0 Å². The highest BCUT2D eigenvalue weighted by Crippen LogP contribution is 2.05. The number of hydrogen-bond acceptors (Lipinski definition) is 4. The maximum atomic E-state index is 10.4. The van der Waals surface area contributed by atoms with E-state index in [-0.39, 0.29) is 18.9 Å². The topological polar surface area (TPSA) is 69.4 Å². The van der Waals surface area contributed by atoms with Crippen molar-refractivity contribution < 1.29 is 14.3 Å². The van der Waals surface area contributed by atoms with E-state index in [1.807, 2.05) is 0 Å². The molecule has 1 rings (SSSR count). The molecule has 9 heavy (non-hydrogen) atoms. The molecule has 0 saturated carbocycles. The van der Waals surface area contributed by atoms with Crippen LogP contribution in [0.4, 0.5) is 0 Å². The summed E-state index contributed by atoms with van der Waals surface area (Å²) in [4.78, 5) is 20.7. The molecule has 0 aromatic heterocycles. The standard InChI is InChI=1S/C5H7NO3/c6-3-1-4(7)9-5(8)2-3/h3H,1-2,6H2. The number of carbonyl (C=O) groups is 2. The molecule has 1 aliphatic heterocycles. The van der Waals surface area contributed by atoms with Gasteiger partial charge in [-0.05, 0) is 0 Å². The Hall–Kier alpha value is -0.900. The molecule has 4 heteroatoms. The van der Waals surface area contributed by atoms with Gasteiger partial charge in [0.2, 0.25) is 0 Å². The largest absolute Gasteiger partial charge is 0.393 e. The quantitative estimate of drug-likeness (QED) is 0.342. The van der Waals surface area contributed by atoms with Crippen molar-refractivity contribution in [3.8, 4) is 0 Å². The predicted octanol–water partition coefficient (Wildman–Crippen LogP) is -0.823. The molecule has 0 aromatic carbocycles. The summed E-state index contributed by atoms with van der Waals surface area (Å²) in [6, 6.07) is -0.334. The van der Waals surface area contributed by atoms with E-state index in [0.29, 0.717) is 0 Å². The first kappa shape index (κ1) is 6.22. The summed E-state index contributed by atoms with van der Waals surface area (Å²) in [5.41, 5.74) is 5.29. The second-order valence-corrected chi connectivity index (χ2v) is 2.01. The SMILES string of the molecule is NC1CC(=O)OC(=O)C1. The van der Waals surface area contributed by atoms with Crippen LogP contribution < -0.4 is 5.73 Å². The lowest BCUT2D eigenvalue weighted by atomic mass is 10.1. The first-order valence-corrected chi connectivity index (χ1v) is 2.67. The van der Waals surface area contributed by atoms with E-state index < -0.39 is 11.9 Å². The fourth-order valence-electron chi connectivity index (χ4n) is 0.711. The first-order valence-electron chi connectivity index (χ1n) is 2.67. The first-order chi connectivity index (χ1) is 4.18. The second kappa shape index (κ2) is 2.14. The maximum Gasteiger partial charge on any atom is 0.315 e. The third kappa shape index (κ3) is 1.50. The van der Waals surface area contributed by atoms with Crippen molar-refractivity contribution >= 4 is 11.9 Å². The molecule has 2 N–H and O–H groups in total. The Balaban J connectivity index is 2.53. The normalized spacial score (nSPS) is 21.9. The molecule has 0 amide bonds. The van der Waals surface area contributed by atoms with Crippen molar-refractivity contribution in [2.45, 2.75) is 18.9 Å². The molecular formula is C5H7NO3. The summed E-state index contributed by atoms with van der Waals surface area (Å²) in [5, 5.41) is 0. The highest BCUT2D eigenvalue weighted by Gasteiger charge is 2.23. The Morgan fingerprint density at radius 3 is 2.11 bits per heavy atom. The number of carbonyl (C=O) groups excluding carboxylic acids is 2. The van der Waals surface area contributed by atoms with E-state index in [4.69, 9.17) is 5.73 Å². The Morgan fingerprint density at radius 2 is 1.78 bits per heavy atom. The van der Waals surface area contributed by atoms with E-state index in [0.717, 1.165) is 0 Å². The lowest BCUT2D eigenvalue weighted by Gasteiger charge is -2.14. The van der Waals surface area contributed by atoms with E-state index in [1.54, 1.807) is 0 Å². The van der Waals surface area contributed by atoms with E-state index in [2.05, 4.69) is 4.74 Å². The molecule has 0 unspecified atom stereocenters. The zero-order chi connectivity index (χ0) is 6.85. The summed E-state index contributed by atoms with van der Waals surface area (Å²) in [5.74, 6) is -1.03. The van der Waals surface area contributed by atoms with Crippen LogP contribution in [0.25, 0.3) is 0 Å². The fourth-order valence-corrected chi connectivity index (χ4v) is 0.711. The minimum atomic E-state index is -0.515. The van der Waals surface area contributed by atoms with E-state index in [1.165, 1.54) is 0 Å². The van der Waals surface area contributed by atoms with Crippen molar-refractivity contribution in [2.75, 3.05) is 0 Å². The van der Waals surface area contributed by atoms with Crippen molar-refractivity contribution in [2.24, 2.45) is 5.73 Å².